The summed E-state index contributed by atoms with van der Waals surface area (Å²) in [7, 11) is 1.69. The molecule has 5 nitrogen and oxygen atoms in total. The Balaban J connectivity index is 0.00000400. The molecule has 0 radical (unpaired) electrons. The van der Waals surface area contributed by atoms with Crippen LogP contribution in [0, 0.1) is 0 Å². The van der Waals surface area contributed by atoms with Gasteiger partial charge in [0.1, 0.15) is 0 Å². The van der Waals surface area contributed by atoms with E-state index in [0.717, 1.165) is 19.4 Å². The molecule has 0 aliphatic rings. The molecule has 0 saturated carbocycles. The lowest BCUT2D eigenvalue weighted by Crippen LogP contribution is -2.43. The van der Waals surface area contributed by atoms with Crippen LogP contribution in [0.1, 0.15) is 18.9 Å². The second kappa shape index (κ2) is 12.4. The van der Waals surface area contributed by atoms with E-state index >= 15 is 0 Å². The minimum atomic E-state index is -0.0274. The summed E-state index contributed by atoms with van der Waals surface area (Å²) in [5.74, 6) is 0.630. The van der Waals surface area contributed by atoms with Gasteiger partial charge < -0.3 is 16.0 Å². The van der Waals surface area contributed by atoms with E-state index < -0.39 is 0 Å². The number of benzene rings is 1. The highest BCUT2D eigenvalue weighted by molar-refractivity contribution is 14.0. The molecule has 0 aliphatic heterocycles. The Bertz CT molecular complexity index is 423. The molecule has 0 fully saturated rings. The summed E-state index contributed by atoms with van der Waals surface area (Å²) in [4.78, 5) is 15.7. The van der Waals surface area contributed by atoms with Crippen LogP contribution in [0.25, 0.3) is 0 Å². The van der Waals surface area contributed by atoms with E-state index in [0.29, 0.717) is 12.5 Å². The van der Waals surface area contributed by atoms with Crippen molar-refractivity contribution in [1.29, 1.82) is 0 Å². The molecule has 6 heteroatoms. The molecular formula is C15H25IN4O. The smallest absolute Gasteiger partial charge is 0.239 e. The van der Waals surface area contributed by atoms with Crippen LogP contribution in [0.15, 0.2) is 35.3 Å². The molecule has 0 heterocycles. The molecular weight excluding hydrogens is 379 g/mol. The third-order valence-corrected chi connectivity index (χ3v) is 2.76. The van der Waals surface area contributed by atoms with Crippen molar-refractivity contribution in [2.75, 3.05) is 26.7 Å². The highest BCUT2D eigenvalue weighted by atomic mass is 127. The summed E-state index contributed by atoms with van der Waals surface area (Å²) in [6.45, 7) is 3.80. The van der Waals surface area contributed by atoms with Crippen LogP contribution in [0.2, 0.25) is 0 Å². The van der Waals surface area contributed by atoms with Crippen molar-refractivity contribution in [1.82, 2.24) is 16.0 Å². The molecule has 1 aromatic rings. The number of aliphatic imine (C=N–C) groups is 1. The van der Waals surface area contributed by atoms with Gasteiger partial charge in [0.25, 0.3) is 0 Å². The molecule has 118 valence electrons. The summed E-state index contributed by atoms with van der Waals surface area (Å²) in [5.41, 5.74) is 1.22. The molecule has 1 aromatic carbocycles. The molecule has 0 atom stereocenters. The average Bonchev–Trinajstić information content (AvgIpc) is 2.48. The van der Waals surface area contributed by atoms with E-state index in [9.17, 15) is 4.79 Å². The predicted molar refractivity (Wildman–Crippen MR) is 98.2 cm³/mol. The Morgan fingerprint density at radius 3 is 2.43 bits per heavy atom. The van der Waals surface area contributed by atoms with Gasteiger partial charge in [0, 0.05) is 20.1 Å². The molecule has 0 saturated heterocycles. The Morgan fingerprint density at radius 2 is 1.81 bits per heavy atom. The summed E-state index contributed by atoms with van der Waals surface area (Å²) in [6, 6.07) is 10.1. The van der Waals surface area contributed by atoms with Crippen molar-refractivity contribution in [2.24, 2.45) is 4.99 Å². The van der Waals surface area contributed by atoms with Crippen LogP contribution in [-0.4, -0.2) is 38.5 Å². The Morgan fingerprint density at radius 1 is 1.10 bits per heavy atom. The Hall–Kier alpha value is -1.31. The zero-order valence-corrected chi connectivity index (χ0v) is 15.0. The third kappa shape index (κ3) is 9.28. The van der Waals surface area contributed by atoms with Gasteiger partial charge in [-0.15, -0.1) is 24.0 Å². The Labute approximate surface area is 144 Å². The first kappa shape index (κ1) is 19.7. The topological polar surface area (TPSA) is 65.5 Å². The van der Waals surface area contributed by atoms with Crippen LogP contribution in [0.5, 0.6) is 0 Å². The van der Waals surface area contributed by atoms with Crippen LogP contribution >= 0.6 is 24.0 Å². The van der Waals surface area contributed by atoms with Crippen LogP contribution in [0.3, 0.4) is 0 Å². The van der Waals surface area contributed by atoms with Gasteiger partial charge >= 0.3 is 0 Å². The minimum absolute atomic E-state index is 0. The first-order valence-corrected chi connectivity index (χ1v) is 7.01. The van der Waals surface area contributed by atoms with Crippen molar-refractivity contribution in [3.05, 3.63) is 35.9 Å². The number of hydrogen-bond donors (Lipinski definition) is 3. The van der Waals surface area contributed by atoms with Gasteiger partial charge in [-0.25, -0.2) is 0 Å². The normalized spacial score (nSPS) is 10.5. The van der Waals surface area contributed by atoms with E-state index in [1.54, 1.807) is 7.05 Å². The first-order valence-electron chi connectivity index (χ1n) is 7.01. The number of hydrogen-bond acceptors (Lipinski definition) is 2. The number of rotatable bonds is 7. The molecule has 0 aliphatic carbocycles. The second-order valence-corrected chi connectivity index (χ2v) is 4.44. The molecule has 3 N–H and O–H groups in total. The predicted octanol–water partition coefficient (Wildman–Crippen LogP) is 1.54. The second-order valence-electron chi connectivity index (χ2n) is 4.44. The molecule has 21 heavy (non-hydrogen) atoms. The molecule has 1 amide bonds. The SMILES string of the molecule is CCCNC(=NC)NCC(=O)NCCc1ccccc1.I. The van der Waals surface area contributed by atoms with Gasteiger partial charge in [0.05, 0.1) is 6.54 Å². The van der Waals surface area contributed by atoms with Crippen molar-refractivity contribution in [3.63, 3.8) is 0 Å². The lowest BCUT2D eigenvalue weighted by Gasteiger charge is -2.11. The van der Waals surface area contributed by atoms with E-state index in [2.05, 4.69) is 40.0 Å². The van der Waals surface area contributed by atoms with Gasteiger partial charge in [-0.3, -0.25) is 9.79 Å². The maximum Gasteiger partial charge on any atom is 0.239 e. The lowest BCUT2D eigenvalue weighted by molar-refractivity contribution is -0.119. The standard InChI is InChI=1S/C15H24N4O.HI/c1-3-10-18-15(16-2)19-12-14(20)17-11-9-13-7-5-4-6-8-13;/h4-8H,3,9-12H2,1-2H3,(H,17,20)(H2,16,18,19);1H. The maximum atomic E-state index is 11.7. The van der Waals surface area contributed by atoms with Crippen LogP contribution in [0.4, 0.5) is 0 Å². The molecule has 0 spiro atoms. The molecule has 0 unspecified atom stereocenters. The highest BCUT2D eigenvalue weighted by Crippen LogP contribution is 1.97. The Kier molecular flexibility index (Phi) is 11.7. The fraction of sp³-hybridized carbons (Fsp3) is 0.467. The van der Waals surface area contributed by atoms with Crippen molar-refractivity contribution in [2.45, 2.75) is 19.8 Å². The minimum Gasteiger partial charge on any atom is -0.356 e. The number of halogens is 1. The summed E-state index contributed by atoms with van der Waals surface area (Å²) in [5, 5.41) is 8.98. The van der Waals surface area contributed by atoms with Gasteiger partial charge in [-0.1, -0.05) is 37.3 Å². The maximum absolute atomic E-state index is 11.7. The highest BCUT2D eigenvalue weighted by Gasteiger charge is 2.02. The number of carbonyl (C=O) groups excluding carboxylic acids is 1. The average molecular weight is 404 g/mol. The van der Waals surface area contributed by atoms with Gasteiger partial charge in [0.2, 0.25) is 5.91 Å². The zero-order valence-electron chi connectivity index (χ0n) is 12.7. The number of carbonyl (C=O) groups is 1. The number of nitrogens with zero attached hydrogens (tertiary/aromatic N) is 1. The zero-order chi connectivity index (χ0) is 14.6. The summed E-state index contributed by atoms with van der Waals surface area (Å²) < 4.78 is 0. The van der Waals surface area contributed by atoms with Gasteiger partial charge in [-0.05, 0) is 18.4 Å². The van der Waals surface area contributed by atoms with Crippen molar-refractivity contribution < 1.29 is 4.79 Å². The quantitative estimate of drug-likeness (QED) is 0.367. The number of nitrogens with one attached hydrogen (secondary N) is 3. The van der Waals surface area contributed by atoms with E-state index in [1.807, 2.05) is 18.2 Å². The lowest BCUT2D eigenvalue weighted by atomic mass is 10.1. The van der Waals surface area contributed by atoms with Gasteiger partial charge in [-0.2, -0.15) is 0 Å². The molecule has 0 aromatic heterocycles. The number of amides is 1. The number of guanidine groups is 1. The molecule has 1 rings (SSSR count). The van der Waals surface area contributed by atoms with Crippen LogP contribution < -0.4 is 16.0 Å². The summed E-state index contributed by atoms with van der Waals surface area (Å²) in [6.07, 6.45) is 1.86. The fourth-order valence-electron chi connectivity index (χ4n) is 1.68. The van der Waals surface area contributed by atoms with Crippen molar-refractivity contribution in [3.8, 4) is 0 Å². The van der Waals surface area contributed by atoms with Crippen LogP contribution in [-0.2, 0) is 11.2 Å². The largest absolute Gasteiger partial charge is 0.356 e. The molecule has 0 bridgehead atoms. The monoisotopic (exact) mass is 404 g/mol. The van der Waals surface area contributed by atoms with E-state index in [4.69, 9.17) is 0 Å². The first-order chi connectivity index (χ1) is 9.76. The van der Waals surface area contributed by atoms with Crippen molar-refractivity contribution >= 4 is 35.8 Å². The van der Waals surface area contributed by atoms with Gasteiger partial charge in [0.15, 0.2) is 5.96 Å². The van der Waals surface area contributed by atoms with E-state index in [-0.39, 0.29) is 36.4 Å². The summed E-state index contributed by atoms with van der Waals surface area (Å²) >= 11 is 0. The van der Waals surface area contributed by atoms with E-state index in [1.165, 1.54) is 5.56 Å². The third-order valence-electron chi connectivity index (χ3n) is 2.76. The fourth-order valence-corrected chi connectivity index (χ4v) is 1.68.